The first kappa shape index (κ1) is 11.9. The van der Waals surface area contributed by atoms with Crippen molar-refractivity contribution in [2.75, 3.05) is 6.54 Å². The molecule has 1 unspecified atom stereocenters. The summed E-state index contributed by atoms with van der Waals surface area (Å²) in [5.41, 5.74) is 1.40. The summed E-state index contributed by atoms with van der Waals surface area (Å²) in [4.78, 5) is 0. The van der Waals surface area contributed by atoms with Gasteiger partial charge >= 0.3 is 0 Å². The van der Waals surface area contributed by atoms with Gasteiger partial charge in [0.1, 0.15) is 0 Å². The van der Waals surface area contributed by atoms with Crippen LogP contribution in [0, 0.1) is 5.92 Å². The van der Waals surface area contributed by atoms with E-state index in [9.17, 15) is 0 Å². The molecule has 16 heavy (non-hydrogen) atoms. The molecular weight excluding hydrogens is 218 g/mol. The molecule has 0 amide bonds. The van der Waals surface area contributed by atoms with Crippen molar-refractivity contribution in [1.82, 2.24) is 5.32 Å². The zero-order valence-electron chi connectivity index (χ0n) is 9.88. The normalized spacial score (nSPS) is 17.4. The Bertz CT molecular complexity index is 316. The molecule has 1 atom stereocenters. The topological polar surface area (TPSA) is 12.0 Å². The second-order valence-corrected chi connectivity index (χ2v) is 5.10. The molecule has 1 saturated carbocycles. The molecule has 0 spiro atoms. The van der Waals surface area contributed by atoms with Crippen LogP contribution in [0.3, 0.4) is 0 Å². The van der Waals surface area contributed by atoms with Gasteiger partial charge in [0.25, 0.3) is 0 Å². The Labute approximate surface area is 103 Å². The molecule has 0 heterocycles. The highest BCUT2D eigenvalue weighted by atomic mass is 35.5. The average molecular weight is 238 g/mol. The van der Waals surface area contributed by atoms with E-state index >= 15 is 0 Å². The maximum Gasteiger partial charge on any atom is 0.0406 e. The Morgan fingerprint density at radius 3 is 2.56 bits per heavy atom. The molecule has 1 aliphatic carbocycles. The average Bonchev–Trinajstić information content (AvgIpc) is 3.10. The third-order valence-electron chi connectivity index (χ3n) is 3.31. The lowest BCUT2D eigenvalue weighted by molar-refractivity contribution is 0.446. The van der Waals surface area contributed by atoms with Crippen LogP contribution in [-0.2, 0) is 6.42 Å². The number of hydrogen-bond acceptors (Lipinski definition) is 1. The summed E-state index contributed by atoms with van der Waals surface area (Å²) in [6, 6.07) is 8.96. The summed E-state index contributed by atoms with van der Waals surface area (Å²) in [6.07, 6.45) is 5.24. The lowest BCUT2D eigenvalue weighted by atomic mass is 10.0. The molecule has 88 valence electrons. The molecule has 1 aliphatic rings. The number of halogens is 1. The van der Waals surface area contributed by atoms with Crippen molar-refractivity contribution in [2.45, 2.75) is 38.6 Å². The second-order valence-electron chi connectivity index (χ2n) is 4.67. The maximum absolute atomic E-state index is 5.87. The lowest BCUT2D eigenvalue weighted by Gasteiger charge is -2.16. The minimum atomic E-state index is 0.723. The maximum atomic E-state index is 5.87. The van der Waals surface area contributed by atoms with Crippen molar-refractivity contribution in [2.24, 2.45) is 5.92 Å². The zero-order valence-corrected chi connectivity index (χ0v) is 10.6. The number of hydrogen-bond donors (Lipinski definition) is 1. The van der Waals surface area contributed by atoms with Gasteiger partial charge in [-0.15, -0.1) is 0 Å². The third kappa shape index (κ3) is 3.50. The fourth-order valence-electron chi connectivity index (χ4n) is 2.24. The Morgan fingerprint density at radius 1 is 1.31 bits per heavy atom. The molecule has 1 fully saturated rings. The summed E-state index contributed by atoms with van der Waals surface area (Å²) < 4.78 is 0. The minimum absolute atomic E-state index is 0.723. The van der Waals surface area contributed by atoms with Gasteiger partial charge in [-0.25, -0.2) is 0 Å². The van der Waals surface area contributed by atoms with Gasteiger partial charge in [-0.3, -0.25) is 0 Å². The standard InChI is InChI=1S/C14H20ClN/c1-2-16-14(12-6-7-12)10-5-11-3-8-13(15)9-4-11/h3-4,8-9,12,14,16H,2,5-7,10H2,1H3. The fourth-order valence-corrected chi connectivity index (χ4v) is 2.36. The highest BCUT2D eigenvalue weighted by Crippen LogP contribution is 2.34. The van der Waals surface area contributed by atoms with E-state index in [0.29, 0.717) is 0 Å². The van der Waals surface area contributed by atoms with Gasteiger partial charge < -0.3 is 5.32 Å². The van der Waals surface area contributed by atoms with Crippen molar-refractivity contribution < 1.29 is 0 Å². The van der Waals surface area contributed by atoms with Crippen molar-refractivity contribution in [3.63, 3.8) is 0 Å². The van der Waals surface area contributed by atoms with Gasteiger partial charge in [0.05, 0.1) is 0 Å². The van der Waals surface area contributed by atoms with Gasteiger partial charge in [-0.05, 0) is 55.8 Å². The van der Waals surface area contributed by atoms with Crippen LogP contribution in [0.1, 0.15) is 31.7 Å². The number of benzene rings is 1. The minimum Gasteiger partial charge on any atom is -0.314 e. The van der Waals surface area contributed by atoms with Gasteiger partial charge in [0.2, 0.25) is 0 Å². The summed E-state index contributed by atoms with van der Waals surface area (Å²) >= 11 is 5.87. The number of aryl methyl sites for hydroxylation is 1. The zero-order chi connectivity index (χ0) is 11.4. The molecule has 1 aromatic rings. The van der Waals surface area contributed by atoms with E-state index in [1.54, 1.807) is 0 Å². The van der Waals surface area contributed by atoms with E-state index in [-0.39, 0.29) is 0 Å². The van der Waals surface area contributed by atoms with E-state index in [2.05, 4.69) is 24.4 Å². The molecule has 1 nitrogen and oxygen atoms in total. The summed E-state index contributed by atoms with van der Waals surface area (Å²) in [7, 11) is 0. The molecule has 1 N–H and O–H groups in total. The van der Waals surface area contributed by atoms with Crippen molar-refractivity contribution in [3.05, 3.63) is 34.9 Å². The molecule has 0 aromatic heterocycles. The van der Waals surface area contributed by atoms with Crippen LogP contribution in [0.15, 0.2) is 24.3 Å². The SMILES string of the molecule is CCNC(CCc1ccc(Cl)cc1)C1CC1. The van der Waals surface area contributed by atoms with E-state index in [4.69, 9.17) is 11.6 Å². The second kappa shape index (κ2) is 5.70. The summed E-state index contributed by atoms with van der Waals surface area (Å²) in [5, 5.41) is 4.43. The van der Waals surface area contributed by atoms with Crippen molar-refractivity contribution >= 4 is 11.6 Å². The Balaban J connectivity index is 1.82. The molecule has 2 rings (SSSR count). The van der Waals surface area contributed by atoms with Crippen molar-refractivity contribution in [1.29, 1.82) is 0 Å². The van der Waals surface area contributed by atoms with Gasteiger partial charge in [0, 0.05) is 11.1 Å². The molecule has 1 aromatic carbocycles. The van der Waals surface area contributed by atoms with Gasteiger partial charge in [-0.2, -0.15) is 0 Å². The first-order valence-corrected chi connectivity index (χ1v) is 6.65. The largest absolute Gasteiger partial charge is 0.314 e. The molecule has 0 radical (unpaired) electrons. The Morgan fingerprint density at radius 2 is 2.00 bits per heavy atom. The Kier molecular flexibility index (Phi) is 4.25. The molecular formula is C14H20ClN. The molecule has 0 bridgehead atoms. The monoisotopic (exact) mass is 237 g/mol. The molecule has 0 saturated heterocycles. The molecule has 2 heteroatoms. The fraction of sp³-hybridized carbons (Fsp3) is 0.571. The summed E-state index contributed by atoms with van der Waals surface area (Å²) in [5.74, 6) is 0.937. The Hall–Kier alpha value is -0.530. The van der Waals surface area contributed by atoms with Crippen LogP contribution < -0.4 is 5.32 Å². The highest BCUT2D eigenvalue weighted by molar-refractivity contribution is 6.30. The predicted octanol–water partition coefficient (Wildman–Crippen LogP) is 3.66. The van der Waals surface area contributed by atoms with Gasteiger partial charge in [0.15, 0.2) is 0 Å². The van der Waals surface area contributed by atoms with Crippen LogP contribution in [0.25, 0.3) is 0 Å². The lowest BCUT2D eigenvalue weighted by Crippen LogP contribution is -2.31. The van der Waals surface area contributed by atoms with Crippen LogP contribution in [-0.4, -0.2) is 12.6 Å². The number of nitrogens with one attached hydrogen (secondary N) is 1. The van der Waals surface area contributed by atoms with Crippen LogP contribution in [0.4, 0.5) is 0 Å². The quantitative estimate of drug-likeness (QED) is 0.796. The first-order valence-electron chi connectivity index (χ1n) is 6.27. The van der Waals surface area contributed by atoms with Crippen molar-refractivity contribution in [3.8, 4) is 0 Å². The highest BCUT2D eigenvalue weighted by Gasteiger charge is 2.29. The van der Waals surface area contributed by atoms with E-state index in [1.165, 1.54) is 24.8 Å². The third-order valence-corrected chi connectivity index (χ3v) is 3.57. The summed E-state index contributed by atoms with van der Waals surface area (Å²) in [6.45, 7) is 3.28. The first-order chi connectivity index (χ1) is 7.79. The smallest absolute Gasteiger partial charge is 0.0406 e. The van der Waals surface area contributed by atoms with E-state index in [0.717, 1.165) is 29.9 Å². The van der Waals surface area contributed by atoms with Gasteiger partial charge in [-0.1, -0.05) is 30.7 Å². The molecule has 0 aliphatic heterocycles. The number of rotatable bonds is 6. The van der Waals surface area contributed by atoms with Crippen LogP contribution in [0.2, 0.25) is 5.02 Å². The van der Waals surface area contributed by atoms with Crippen LogP contribution >= 0.6 is 11.6 Å². The predicted molar refractivity (Wildman–Crippen MR) is 70.0 cm³/mol. The van der Waals surface area contributed by atoms with E-state index < -0.39 is 0 Å². The van der Waals surface area contributed by atoms with E-state index in [1.807, 2.05) is 12.1 Å². The van der Waals surface area contributed by atoms with Crippen LogP contribution in [0.5, 0.6) is 0 Å².